The zero-order valence-corrected chi connectivity index (χ0v) is 11.2. The number of benzene rings is 1. The number of likely N-dealkylation sites (tertiary alicyclic amines) is 1. The lowest BCUT2D eigenvalue weighted by Gasteiger charge is -2.36. The quantitative estimate of drug-likeness (QED) is 0.743. The van der Waals surface area contributed by atoms with Gasteiger partial charge in [0.1, 0.15) is 5.75 Å². The van der Waals surface area contributed by atoms with Crippen LogP contribution in [0.5, 0.6) is 5.75 Å². The number of rotatable bonds is 1. The Morgan fingerprint density at radius 1 is 1.44 bits per heavy atom. The van der Waals surface area contributed by atoms with Gasteiger partial charge < -0.3 is 20.2 Å². The molecule has 3 N–H and O–H groups in total. The van der Waals surface area contributed by atoms with Crippen LogP contribution in [-0.4, -0.2) is 39.0 Å². The maximum Gasteiger partial charge on any atom is 0.407 e. The number of carbonyl (C=O) groups is 1. The summed E-state index contributed by atoms with van der Waals surface area (Å²) in [5.41, 5.74) is 0.527. The summed E-state index contributed by atoms with van der Waals surface area (Å²) in [5, 5.41) is 28.7. The molecular formula is C12H14BrNO4. The minimum atomic E-state index is -1.03. The highest BCUT2D eigenvalue weighted by Crippen LogP contribution is 2.36. The summed E-state index contributed by atoms with van der Waals surface area (Å²) in [4.78, 5) is 12.4. The molecule has 0 bridgehead atoms. The summed E-state index contributed by atoms with van der Waals surface area (Å²) >= 11 is 3.24. The van der Waals surface area contributed by atoms with Crippen LogP contribution in [0.15, 0.2) is 22.7 Å². The average molecular weight is 316 g/mol. The van der Waals surface area contributed by atoms with E-state index < -0.39 is 18.2 Å². The predicted octanol–water partition coefficient (Wildman–Crippen LogP) is 2.33. The minimum Gasteiger partial charge on any atom is -0.508 e. The third kappa shape index (κ3) is 2.59. The lowest BCUT2D eigenvalue weighted by Crippen LogP contribution is -2.41. The van der Waals surface area contributed by atoms with E-state index in [-0.39, 0.29) is 12.3 Å². The van der Waals surface area contributed by atoms with Crippen LogP contribution in [0.25, 0.3) is 0 Å². The molecule has 1 aliphatic rings. The number of hydrogen-bond acceptors (Lipinski definition) is 3. The van der Waals surface area contributed by atoms with Gasteiger partial charge in [-0.25, -0.2) is 4.79 Å². The Hall–Kier alpha value is -1.27. The molecule has 0 radical (unpaired) electrons. The second kappa shape index (κ2) is 5.16. The molecule has 1 unspecified atom stereocenters. The van der Waals surface area contributed by atoms with E-state index in [9.17, 15) is 15.0 Å². The van der Waals surface area contributed by atoms with Gasteiger partial charge in [-0.2, -0.15) is 0 Å². The van der Waals surface area contributed by atoms with Crippen molar-refractivity contribution in [1.82, 2.24) is 4.90 Å². The normalized spacial score (nSPS) is 24.0. The molecule has 18 heavy (non-hydrogen) atoms. The maximum absolute atomic E-state index is 11.2. The van der Waals surface area contributed by atoms with Gasteiger partial charge in [0.2, 0.25) is 0 Å². The molecule has 0 aliphatic carbocycles. The fraction of sp³-hybridized carbons (Fsp3) is 0.417. The van der Waals surface area contributed by atoms with Crippen LogP contribution in [0.3, 0.4) is 0 Å². The predicted molar refractivity (Wildman–Crippen MR) is 68.5 cm³/mol. The van der Waals surface area contributed by atoms with Gasteiger partial charge in [0.25, 0.3) is 0 Å². The molecule has 1 fully saturated rings. The molecule has 98 valence electrons. The third-order valence-corrected chi connectivity index (χ3v) is 3.67. The van der Waals surface area contributed by atoms with E-state index in [2.05, 4.69) is 15.9 Å². The highest BCUT2D eigenvalue weighted by molar-refractivity contribution is 9.10. The molecule has 2 rings (SSSR count). The number of amides is 1. The molecule has 6 heteroatoms. The first-order valence-corrected chi connectivity index (χ1v) is 6.44. The fourth-order valence-electron chi connectivity index (χ4n) is 2.27. The molecule has 1 amide bonds. The van der Waals surface area contributed by atoms with Gasteiger partial charge in [0.05, 0.1) is 12.1 Å². The lowest BCUT2D eigenvalue weighted by atomic mass is 9.93. The van der Waals surface area contributed by atoms with Crippen LogP contribution in [0, 0.1) is 0 Å². The first kappa shape index (κ1) is 13.2. The lowest BCUT2D eigenvalue weighted by molar-refractivity contribution is 0.0418. The van der Waals surface area contributed by atoms with Crippen molar-refractivity contribution in [2.24, 2.45) is 0 Å². The zero-order valence-electron chi connectivity index (χ0n) is 9.58. The number of piperidine rings is 1. The van der Waals surface area contributed by atoms with E-state index in [0.717, 1.165) is 4.47 Å². The Bertz CT molecular complexity index is 465. The zero-order chi connectivity index (χ0) is 13.3. The van der Waals surface area contributed by atoms with E-state index in [1.54, 1.807) is 12.1 Å². The van der Waals surface area contributed by atoms with E-state index in [4.69, 9.17) is 5.11 Å². The van der Waals surface area contributed by atoms with Gasteiger partial charge in [-0.3, -0.25) is 0 Å². The van der Waals surface area contributed by atoms with Crippen molar-refractivity contribution in [3.63, 3.8) is 0 Å². The van der Waals surface area contributed by atoms with Crippen LogP contribution >= 0.6 is 15.9 Å². The highest BCUT2D eigenvalue weighted by Gasteiger charge is 2.33. The number of carboxylic acid groups (broad SMARTS) is 1. The molecule has 1 aromatic rings. The Kier molecular flexibility index (Phi) is 3.77. The molecule has 0 spiro atoms. The summed E-state index contributed by atoms with van der Waals surface area (Å²) in [6, 6.07) is 4.45. The summed E-state index contributed by atoms with van der Waals surface area (Å²) in [7, 11) is 0. The van der Waals surface area contributed by atoms with Crippen LogP contribution in [0.2, 0.25) is 0 Å². The number of phenols is 1. The molecule has 1 saturated heterocycles. The van der Waals surface area contributed by atoms with Gasteiger partial charge in [-0.05, 0) is 25.0 Å². The molecule has 2 atom stereocenters. The van der Waals surface area contributed by atoms with Crippen molar-refractivity contribution in [3.05, 3.63) is 28.2 Å². The number of phenolic OH excluding ortho intramolecular Hbond substituents is 1. The Labute approximate surface area is 113 Å². The Balaban J connectivity index is 2.35. The topological polar surface area (TPSA) is 81.0 Å². The first-order valence-electron chi connectivity index (χ1n) is 5.65. The number of hydrogen-bond donors (Lipinski definition) is 3. The molecule has 1 aromatic carbocycles. The van der Waals surface area contributed by atoms with Gasteiger partial charge in [0, 0.05) is 16.6 Å². The number of aromatic hydroxyl groups is 1. The van der Waals surface area contributed by atoms with E-state index in [1.165, 1.54) is 11.0 Å². The van der Waals surface area contributed by atoms with Crippen LogP contribution < -0.4 is 0 Å². The van der Waals surface area contributed by atoms with Crippen molar-refractivity contribution in [2.45, 2.75) is 25.0 Å². The molecule has 1 aliphatic heterocycles. The summed E-state index contributed by atoms with van der Waals surface area (Å²) in [5.74, 6) is 0.0368. The monoisotopic (exact) mass is 315 g/mol. The van der Waals surface area contributed by atoms with Crippen LogP contribution in [-0.2, 0) is 0 Å². The molecule has 1 heterocycles. The number of nitrogens with zero attached hydrogens (tertiary/aromatic N) is 1. The van der Waals surface area contributed by atoms with E-state index in [1.807, 2.05) is 0 Å². The number of aliphatic hydroxyl groups excluding tert-OH is 1. The van der Waals surface area contributed by atoms with Crippen LogP contribution in [0.1, 0.15) is 24.4 Å². The fourth-order valence-corrected chi connectivity index (χ4v) is 2.62. The van der Waals surface area contributed by atoms with Gasteiger partial charge in [-0.15, -0.1) is 0 Å². The summed E-state index contributed by atoms with van der Waals surface area (Å²) < 4.78 is 0.724. The Morgan fingerprint density at radius 2 is 2.17 bits per heavy atom. The molecular weight excluding hydrogens is 302 g/mol. The van der Waals surface area contributed by atoms with Crippen LogP contribution in [0.4, 0.5) is 4.79 Å². The molecule has 0 saturated carbocycles. The second-order valence-corrected chi connectivity index (χ2v) is 5.29. The highest BCUT2D eigenvalue weighted by atomic mass is 79.9. The molecule has 5 nitrogen and oxygen atoms in total. The largest absolute Gasteiger partial charge is 0.508 e. The van der Waals surface area contributed by atoms with E-state index >= 15 is 0 Å². The van der Waals surface area contributed by atoms with Gasteiger partial charge in [0.15, 0.2) is 0 Å². The van der Waals surface area contributed by atoms with Gasteiger partial charge >= 0.3 is 6.09 Å². The standard InChI is InChI=1S/C12H14BrNO4/c13-7-1-2-9(11(16)5-7)10-6-8(15)3-4-14(10)12(17)18/h1-2,5,8,10,15-16H,3-4,6H2,(H,17,18)/t8?,10-/m0/s1. The van der Waals surface area contributed by atoms with Gasteiger partial charge in [-0.1, -0.05) is 22.0 Å². The average Bonchev–Trinajstić information content (AvgIpc) is 2.28. The maximum atomic E-state index is 11.2. The third-order valence-electron chi connectivity index (χ3n) is 3.17. The number of halogens is 1. The smallest absolute Gasteiger partial charge is 0.407 e. The van der Waals surface area contributed by atoms with Crippen molar-refractivity contribution in [2.75, 3.05) is 6.54 Å². The molecule has 0 aromatic heterocycles. The van der Waals surface area contributed by atoms with E-state index in [0.29, 0.717) is 18.4 Å². The van der Waals surface area contributed by atoms with Crippen molar-refractivity contribution in [1.29, 1.82) is 0 Å². The second-order valence-electron chi connectivity index (χ2n) is 4.37. The number of aliphatic hydroxyl groups is 1. The van der Waals surface area contributed by atoms with Crippen molar-refractivity contribution in [3.8, 4) is 5.75 Å². The van der Waals surface area contributed by atoms with Crippen molar-refractivity contribution < 1.29 is 20.1 Å². The summed E-state index contributed by atoms with van der Waals surface area (Å²) in [6.07, 6.45) is -0.829. The first-order chi connectivity index (χ1) is 8.49. The Morgan fingerprint density at radius 3 is 2.78 bits per heavy atom. The SMILES string of the molecule is O=C(O)N1CCC(O)C[C@H]1c1ccc(Br)cc1O. The summed E-state index contributed by atoms with van der Waals surface area (Å²) in [6.45, 7) is 0.274. The van der Waals surface area contributed by atoms with Crippen molar-refractivity contribution >= 4 is 22.0 Å². The minimum absolute atomic E-state index is 0.0368.